The predicted molar refractivity (Wildman–Crippen MR) is 179 cm³/mol. The third-order valence-corrected chi connectivity index (χ3v) is 10.9. The molecule has 264 valence electrons. The second-order valence-electron chi connectivity index (χ2n) is 10.9. The molecule has 0 saturated heterocycles. The fourth-order valence-corrected chi connectivity index (χ4v) is 7.85. The number of H-pyrrole nitrogens is 1. The standard InChI is InChI=1S/C31H28N8O10S2/c1-3-49-31(43)24-25(17-8-12-19(48-2)13-9-17)33-28-26(29(41)36-39(28)27(24)32)35-34-18-10-14-20(15-11-18)50(44,45)37-23(40)16-38-30(42)21-6-4-5-7-22(21)51(38,46)47/h4-15,25,33H,3,16,32H2,1-2H3,(H,36,41)(H,37,40). The SMILES string of the molecule is CCOC(=O)C1=C(N)n2[nH]c(=O)c(N=Nc3ccc(S(=O)(=O)NC(=O)CN4C(=O)c5ccccc5S4(=O)=O)cc3)c2NC1c1ccc(OC)cc1. The van der Waals surface area contributed by atoms with Gasteiger partial charge in [0, 0.05) is 0 Å². The van der Waals surface area contributed by atoms with Crippen LogP contribution in [0.5, 0.6) is 5.75 Å². The molecule has 18 nitrogen and oxygen atoms in total. The number of rotatable bonds is 10. The van der Waals surface area contributed by atoms with Crippen molar-refractivity contribution in [2.75, 3.05) is 25.6 Å². The van der Waals surface area contributed by atoms with Gasteiger partial charge in [-0.05, 0) is 61.0 Å². The number of nitrogens with one attached hydrogen (secondary N) is 3. The number of methoxy groups -OCH3 is 1. The molecule has 0 saturated carbocycles. The van der Waals surface area contributed by atoms with E-state index in [1.807, 2.05) is 0 Å². The summed E-state index contributed by atoms with van der Waals surface area (Å²) in [6, 6.07) is 16.0. The monoisotopic (exact) mass is 736 g/mol. The molecule has 1 aromatic heterocycles. The number of aromatic amines is 1. The summed E-state index contributed by atoms with van der Waals surface area (Å²) in [7, 11) is -7.35. The van der Waals surface area contributed by atoms with Crippen molar-refractivity contribution < 1.29 is 40.7 Å². The van der Waals surface area contributed by atoms with Crippen LogP contribution in [0.4, 0.5) is 17.2 Å². The Labute approximate surface area is 289 Å². The van der Waals surface area contributed by atoms with Crippen molar-refractivity contribution >= 4 is 60.8 Å². The third kappa shape index (κ3) is 6.32. The lowest BCUT2D eigenvalue weighted by Gasteiger charge is -2.29. The second kappa shape index (κ2) is 13.2. The van der Waals surface area contributed by atoms with Crippen molar-refractivity contribution in [3.63, 3.8) is 0 Å². The lowest BCUT2D eigenvalue weighted by atomic mass is 9.97. The molecule has 0 aliphatic carbocycles. The molecule has 1 atom stereocenters. The molecule has 4 aromatic rings. The van der Waals surface area contributed by atoms with Gasteiger partial charge < -0.3 is 20.5 Å². The zero-order valence-corrected chi connectivity index (χ0v) is 28.3. The highest BCUT2D eigenvalue weighted by Gasteiger charge is 2.42. The first-order chi connectivity index (χ1) is 24.3. The summed E-state index contributed by atoms with van der Waals surface area (Å²) in [5.74, 6) is -2.40. The van der Waals surface area contributed by atoms with Crippen LogP contribution in [-0.4, -0.2) is 69.0 Å². The summed E-state index contributed by atoms with van der Waals surface area (Å²) >= 11 is 0. The van der Waals surface area contributed by atoms with Crippen LogP contribution in [0.2, 0.25) is 0 Å². The van der Waals surface area contributed by atoms with Gasteiger partial charge >= 0.3 is 5.97 Å². The number of nitrogens with zero attached hydrogens (tertiary/aromatic N) is 4. The molecule has 2 aliphatic heterocycles. The zero-order chi connectivity index (χ0) is 36.7. The number of sulfonamides is 2. The van der Waals surface area contributed by atoms with Gasteiger partial charge in [0.15, 0.2) is 11.5 Å². The molecule has 2 amide bonds. The molecular formula is C31H28N8O10S2. The number of ether oxygens (including phenoxy) is 2. The molecular weight excluding hydrogens is 709 g/mol. The van der Waals surface area contributed by atoms with Gasteiger partial charge in [-0.2, -0.15) is 5.11 Å². The largest absolute Gasteiger partial charge is 0.497 e. The number of benzene rings is 3. The van der Waals surface area contributed by atoms with Crippen molar-refractivity contribution in [2.24, 2.45) is 16.0 Å². The van der Waals surface area contributed by atoms with Gasteiger partial charge in [0.1, 0.15) is 28.6 Å². The number of nitrogens with two attached hydrogens (primary N) is 1. The highest BCUT2D eigenvalue weighted by Crippen LogP contribution is 2.38. The molecule has 1 unspecified atom stereocenters. The van der Waals surface area contributed by atoms with E-state index in [-0.39, 0.29) is 50.5 Å². The normalized spacial score (nSPS) is 16.4. The summed E-state index contributed by atoms with van der Waals surface area (Å²) < 4.78 is 64.9. The van der Waals surface area contributed by atoms with Gasteiger partial charge in [-0.25, -0.2) is 35.3 Å². The first-order valence-corrected chi connectivity index (χ1v) is 17.8. The van der Waals surface area contributed by atoms with E-state index in [2.05, 4.69) is 20.6 Å². The van der Waals surface area contributed by atoms with Crippen LogP contribution < -0.4 is 26.1 Å². The summed E-state index contributed by atoms with van der Waals surface area (Å²) in [5, 5.41) is 13.7. The van der Waals surface area contributed by atoms with Crippen LogP contribution in [0.3, 0.4) is 0 Å². The quantitative estimate of drug-likeness (QED) is 0.135. The molecule has 0 fully saturated rings. The number of hydrogen-bond donors (Lipinski definition) is 4. The van der Waals surface area contributed by atoms with Gasteiger partial charge in [0.25, 0.3) is 37.4 Å². The Morgan fingerprint density at radius 1 is 1.00 bits per heavy atom. The van der Waals surface area contributed by atoms with Gasteiger partial charge in [-0.1, -0.05) is 24.3 Å². The third-order valence-electron chi connectivity index (χ3n) is 7.77. The molecule has 3 aromatic carbocycles. The lowest BCUT2D eigenvalue weighted by Crippen LogP contribution is -2.42. The Morgan fingerprint density at radius 2 is 1.69 bits per heavy atom. The van der Waals surface area contributed by atoms with Crippen LogP contribution in [-0.2, 0) is 34.4 Å². The number of carbonyl (C=O) groups is 3. The number of carbonyl (C=O) groups excluding carboxylic acids is 3. The van der Waals surface area contributed by atoms with Gasteiger partial charge in [-0.3, -0.25) is 19.5 Å². The molecule has 0 bridgehead atoms. The van der Waals surface area contributed by atoms with E-state index < -0.39 is 56.0 Å². The van der Waals surface area contributed by atoms with Crippen LogP contribution in [0.1, 0.15) is 28.9 Å². The maximum atomic E-state index is 13.0. The molecule has 0 spiro atoms. The molecule has 20 heteroatoms. The fourth-order valence-electron chi connectivity index (χ4n) is 5.34. The van der Waals surface area contributed by atoms with Crippen molar-refractivity contribution in [1.29, 1.82) is 0 Å². The number of esters is 1. The molecule has 51 heavy (non-hydrogen) atoms. The van der Waals surface area contributed by atoms with E-state index >= 15 is 0 Å². The Morgan fingerprint density at radius 3 is 2.33 bits per heavy atom. The van der Waals surface area contributed by atoms with E-state index in [4.69, 9.17) is 15.2 Å². The Kier molecular flexibility index (Phi) is 8.96. The number of hydrogen-bond acceptors (Lipinski definition) is 14. The topological polar surface area (TPSA) is 254 Å². The molecule has 5 N–H and O–H groups in total. The minimum Gasteiger partial charge on any atom is -0.497 e. The first-order valence-electron chi connectivity index (χ1n) is 14.9. The zero-order valence-electron chi connectivity index (χ0n) is 26.7. The van der Waals surface area contributed by atoms with Crippen LogP contribution in [0.15, 0.2) is 103 Å². The van der Waals surface area contributed by atoms with Gasteiger partial charge in [0.2, 0.25) is 0 Å². The van der Waals surface area contributed by atoms with Crippen molar-refractivity contribution in [3.8, 4) is 5.75 Å². The van der Waals surface area contributed by atoms with E-state index in [0.29, 0.717) is 15.6 Å². The highest BCUT2D eigenvalue weighted by atomic mass is 32.2. The Hall–Kier alpha value is -6.28. The van der Waals surface area contributed by atoms with Crippen molar-refractivity contribution in [3.05, 3.63) is 99.9 Å². The minimum atomic E-state index is -4.51. The number of azo groups is 1. The number of aromatic nitrogens is 2. The van der Waals surface area contributed by atoms with Gasteiger partial charge in [-0.15, -0.1) is 5.11 Å². The summed E-state index contributed by atoms with van der Waals surface area (Å²) in [6.07, 6.45) is 0. The number of amides is 2. The highest BCUT2D eigenvalue weighted by molar-refractivity contribution is 7.90. The lowest BCUT2D eigenvalue weighted by molar-refractivity contribution is -0.138. The smallest absolute Gasteiger partial charge is 0.340 e. The molecule has 0 radical (unpaired) electrons. The van der Waals surface area contributed by atoms with Crippen LogP contribution >= 0.6 is 0 Å². The van der Waals surface area contributed by atoms with E-state index in [1.54, 1.807) is 35.9 Å². The number of fused-ring (bicyclic) bond motifs is 2. The molecule has 2 aliphatic rings. The van der Waals surface area contributed by atoms with Crippen LogP contribution in [0.25, 0.3) is 5.82 Å². The van der Waals surface area contributed by atoms with Crippen molar-refractivity contribution in [2.45, 2.75) is 22.8 Å². The van der Waals surface area contributed by atoms with E-state index in [9.17, 15) is 36.0 Å². The molecule has 6 rings (SSSR count). The van der Waals surface area contributed by atoms with E-state index in [0.717, 1.165) is 16.8 Å². The Bertz CT molecular complexity index is 2420. The maximum absolute atomic E-state index is 13.0. The molecule has 3 heterocycles. The van der Waals surface area contributed by atoms with Crippen molar-refractivity contribution in [1.82, 2.24) is 18.8 Å². The van der Waals surface area contributed by atoms with Gasteiger partial charge in [0.05, 0.1) is 35.9 Å². The predicted octanol–water partition coefficient (Wildman–Crippen LogP) is 2.11. The average Bonchev–Trinajstić information content (AvgIpc) is 3.53. The summed E-state index contributed by atoms with van der Waals surface area (Å²) in [4.78, 5) is 50.5. The fraction of sp³-hybridized carbons (Fsp3) is 0.161. The second-order valence-corrected chi connectivity index (χ2v) is 14.4. The van der Waals surface area contributed by atoms with E-state index in [1.165, 1.54) is 43.5 Å². The number of anilines is 1. The minimum absolute atomic E-state index is 0.0342. The first kappa shape index (κ1) is 34.6. The maximum Gasteiger partial charge on any atom is 0.340 e. The summed E-state index contributed by atoms with van der Waals surface area (Å²) in [5.41, 5.74) is 6.04. The average molecular weight is 737 g/mol. The summed E-state index contributed by atoms with van der Waals surface area (Å²) in [6.45, 7) is 0.649. The Balaban J connectivity index is 1.21. The van der Waals surface area contributed by atoms with Crippen LogP contribution in [0, 0.1) is 0 Å².